The number of guanidine groups is 1. The highest BCUT2D eigenvalue weighted by Gasteiger charge is 2.27. The molecule has 1 aliphatic heterocycles. The van der Waals surface area contributed by atoms with Crippen LogP contribution in [0.3, 0.4) is 0 Å². The van der Waals surface area contributed by atoms with Crippen LogP contribution in [0.25, 0.3) is 0 Å². The molecule has 8 nitrogen and oxygen atoms in total. The minimum atomic E-state index is -0.343. The van der Waals surface area contributed by atoms with Gasteiger partial charge in [0.25, 0.3) is 0 Å². The summed E-state index contributed by atoms with van der Waals surface area (Å²) in [7, 11) is 1.68. The van der Waals surface area contributed by atoms with Crippen molar-refractivity contribution in [1.29, 1.82) is 0 Å². The van der Waals surface area contributed by atoms with Crippen molar-refractivity contribution < 1.29 is 14.3 Å². The molecule has 8 heteroatoms. The van der Waals surface area contributed by atoms with Crippen molar-refractivity contribution in [3.8, 4) is 0 Å². The van der Waals surface area contributed by atoms with E-state index < -0.39 is 0 Å². The smallest absolute Gasteiger partial charge is 0.324 e. The van der Waals surface area contributed by atoms with Crippen LogP contribution >= 0.6 is 0 Å². The molecular weight excluding hydrogens is 334 g/mol. The maximum Gasteiger partial charge on any atom is 0.324 e. The number of rotatable bonds is 9. The minimum absolute atomic E-state index is 0.0674. The topological polar surface area (TPSA) is 95.1 Å². The average molecular weight is 361 g/mol. The van der Waals surface area contributed by atoms with Crippen molar-refractivity contribution in [1.82, 2.24) is 20.9 Å². The number of carbonyl (C=O) groups is 2. The van der Waals surface area contributed by atoms with Crippen molar-refractivity contribution in [2.45, 2.75) is 19.4 Å². The van der Waals surface area contributed by atoms with Gasteiger partial charge in [0.1, 0.15) is 0 Å². The first kappa shape index (κ1) is 19.7. The second kappa shape index (κ2) is 10.4. The van der Waals surface area contributed by atoms with Gasteiger partial charge < -0.3 is 20.7 Å². The zero-order valence-electron chi connectivity index (χ0n) is 15.3. The van der Waals surface area contributed by atoms with Crippen LogP contribution in [0.5, 0.6) is 0 Å². The molecule has 2 rings (SSSR count). The number of carbonyl (C=O) groups excluding carboxylic acids is 2. The van der Waals surface area contributed by atoms with Gasteiger partial charge in [0.05, 0.1) is 12.6 Å². The molecule has 0 aliphatic carbocycles. The normalized spacial score (nSPS) is 15.8. The molecule has 0 saturated carbocycles. The molecule has 142 valence electrons. The van der Waals surface area contributed by atoms with E-state index in [1.807, 2.05) is 25.1 Å². The molecule has 1 fully saturated rings. The summed E-state index contributed by atoms with van der Waals surface area (Å²) in [4.78, 5) is 28.2. The molecule has 1 saturated heterocycles. The van der Waals surface area contributed by atoms with E-state index in [9.17, 15) is 9.59 Å². The van der Waals surface area contributed by atoms with Crippen molar-refractivity contribution in [2.24, 2.45) is 4.99 Å². The number of aliphatic imine (C=N–C) groups is 1. The molecule has 0 aromatic heterocycles. The maximum atomic E-state index is 11.5. The summed E-state index contributed by atoms with van der Waals surface area (Å²) in [5, 5.41) is 8.76. The van der Waals surface area contributed by atoms with E-state index in [1.165, 1.54) is 10.5 Å². The van der Waals surface area contributed by atoms with Crippen LogP contribution in [0.2, 0.25) is 0 Å². The quantitative estimate of drug-likeness (QED) is 0.263. The lowest BCUT2D eigenvalue weighted by Gasteiger charge is -2.16. The van der Waals surface area contributed by atoms with Gasteiger partial charge in [0.2, 0.25) is 5.91 Å². The van der Waals surface area contributed by atoms with E-state index in [0.717, 1.165) is 6.42 Å². The number of nitrogens with one attached hydrogen (secondary N) is 3. The number of ether oxygens (including phenoxy) is 1. The van der Waals surface area contributed by atoms with Crippen LogP contribution in [0.4, 0.5) is 4.79 Å². The molecule has 3 N–H and O–H groups in total. The van der Waals surface area contributed by atoms with Crippen LogP contribution in [0, 0.1) is 0 Å². The van der Waals surface area contributed by atoms with Crippen LogP contribution in [0.15, 0.2) is 35.3 Å². The molecule has 1 aromatic rings. The maximum absolute atomic E-state index is 11.5. The van der Waals surface area contributed by atoms with E-state index >= 15 is 0 Å². The lowest BCUT2D eigenvalue weighted by Crippen LogP contribution is -2.43. The Balaban J connectivity index is 1.57. The zero-order chi connectivity index (χ0) is 18.8. The second-order valence-corrected chi connectivity index (χ2v) is 5.91. The minimum Gasteiger partial charge on any atom is -0.374 e. The highest BCUT2D eigenvalue weighted by Crippen LogP contribution is 2.15. The predicted molar refractivity (Wildman–Crippen MR) is 99.9 cm³/mol. The Morgan fingerprint density at radius 3 is 2.65 bits per heavy atom. The fraction of sp³-hybridized carbons (Fsp3) is 0.500. The van der Waals surface area contributed by atoms with Crippen LogP contribution in [0.1, 0.15) is 25.0 Å². The summed E-state index contributed by atoms with van der Waals surface area (Å²) in [6.07, 6.45) is 0.906. The third-order valence-electron chi connectivity index (χ3n) is 4.04. The number of imide groups is 1. The van der Waals surface area contributed by atoms with Crippen LogP contribution in [-0.4, -0.2) is 62.6 Å². The van der Waals surface area contributed by atoms with Gasteiger partial charge in [-0.05, 0) is 18.9 Å². The molecule has 0 bridgehead atoms. The predicted octanol–water partition coefficient (Wildman–Crippen LogP) is 0.871. The van der Waals surface area contributed by atoms with E-state index in [-0.39, 0.29) is 24.6 Å². The van der Waals surface area contributed by atoms with E-state index in [0.29, 0.717) is 32.2 Å². The Kier molecular flexibility index (Phi) is 7.88. The van der Waals surface area contributed by atoms with Crippen LogP contribution in [-0.2, 0) is 9.53 Å². The third kappa shape index (κ3) is 6.03. The van der Waals surface area contributed by atoms with Crippen molar-refractivity contribution in [2.75, 3.05) is 39.8 Å². The highest BCUT2D eigenvalue weighted by molar-refractivity contribution is 6.01. The molecule has 1 unspecified atom stereocenters. The summed E-state index contributed by atoms with van der Waals surface area (Å²) in [6.45, 7) is 4.22. The molecular formula is C18H27N5O3. The standard InChI is InChI=1S/C18H27N5O3/c1-14(15-7-4-3-5-8-15)26-12-6-9-20-17(19-2)21-10-11-23-16(24)13-22-18(23)25/h3-5,7-8,14H,6,9-13H2,1-2H3,(H,22,25)(H2,19,20,21). The summed E-state index contributed by atoms with van der Waals surface area (Å²) >= 11 is 0. The highest BCUT2D eigenvalue weighted by atomic mass is 16.5. The lowest BCUT2D eigenvalue weighted by molar-refractivity contribution is -0.124. The Morgan fingerprint density at radius 2 is 2.00 bits per heavy atom. The number of benzene rings is 1. The van der Waals surface area contributed by atoms with E-state index in [1.54, 1.807) is 7.05 Å². The number of hydrogen-bond donors (Lipinski definition) is 3. The Bertz CT molecular complexity index is 605. The summed E-state index contributed by atoms with van der Waals surface area (Å²) < 4.78 is 5.83. The number of hydrogen-bond acceptors (Lipinski definition) is 4. The van der Waals surface area contributed by atoms with Gasteiger partial charge in [0.15, 0.2) is 5.96 Å². The fourth-order valence-electron chi connectivity index (χ4n) is 2.55. The van der Waals surface area contributed by atoms with Gasteiger partial charge in [-0.2, -0.15) is 0 Å². The SMILES string of the molecule is CN=C(NCCCOC(C)c1ccccc1)NCCN1C(=O)CNC1=O. The lowest BCUT2D eigenvalue weighted by atomic mass is 10.1. The average Bonchev–Trinajstić information content (AvgIpc) is 2.98. The molecule has 1 heterocycles. The molecule has 26 heavy (non-hydrogen) atoms. The zero-order valence-corrected chi connectivity index (χ0v) is 15.3. The van der Waals surface area contributed by atoms with Crippen molar-refractivity contribution >= 4 is 17.9 Å². The van der Waals surface area contributed by atoms with Gasteiger partial charge in [-0.25, -0.2) is 4.79 Å². The first-order valence-electron chi connectivity index (χ1n) is 8.81. The van der Waals surface area contributed by atoms with Crippen LogP contribution < -0.4 is 16.0 Å². The Morgan fingerprint density at radius 1 is 1.27 bits per heavy atom. The number of nitrogens with zero attached hydrogens (tertiary/aromatic N) is 2. The largest absolute Gasteiger partial charge is 0.374 e. The molecule has 1 atom stereocenters. The summed E-state index contributed by atoms with van der Waals surface area (Å²) in [5.74, 6) is 0.428. The number of amides is 3. The molecule has 0 radical (unpaired) electrons. The van der Waals surface area contributed by atoms with Crippen molar-refractivity contribution in [3.63, 3.8) is 0 Å². The van der Waals surface area contributed by atoms with E-state index in [2.05, 4.69) is 33.1 Å². The van der Waals surface area contributed by atoms with Gasteiger partial charge in [-0.1, -0.05) is 30.3 Å². The third-order valence-corrected chi connectivity index (χ3v) is 4.04. The number of urea groups is 1. The fourth-order valence-corrected chi connectivity index (χ4v) is 2.55. The van der Waals surface area contributed by atoms with Crippen molar-refractivity contribution in [3.05, 3.63) is 35.9 Å². The van der Waals surface area contributed by atoms with E-state index in [4.69, 9.17) is 4.74 Å². The molecule has 3 amide bonds. The molecule has 1 aliphatic rings. The van der Waals surface area contributed by atoms with Gasteiger partial charge in [-0.15, -0.1) is 0 Å². The summed E-state index contributed by atoms with van der Waals surface area (Å²) in [5.41, 5.74) is 1.17. The van der Waals surface area contributed by atoms with Gasteiger partial charge in [0, 0.05) is 33.3 Å². The van der Waals surface area contributed by atoms with Gasteiger partial charge in [-0.3, -0.25) is 14.7 Å². The molecule has 0 spiro atoms. The first-order valence-corrected chi connectivity index (χ1v) is 8.81. The Labute approximate surface area is 154 Å². The second-order valence-electron chi connectivity index (χ2n) is 5.91. The van der Waals surface area contributed by atoms with Gasteiger partial charge >= 0.3 is 6.03 Å². The first-order chi connectivity index (χ1) is 12.6. The summed E-state index contributed by atoms with van der Waals surface area (Å²) in [6, 6.07) is 9.77. The Hall–Kier alpha value is -2.61. The molecule has 1 aromatic carbocycles. The monoisotopic (exact) mass is 361 g/mol.